The van der Waals surface area contributed by atoms with Crippen LogP contribution in [0.15, 0.2) is 65.7 Å². The molecule has 2 nitrogen and oxygen atoms in total. The van der Waals surface area contributed by atoms with E-state index in [2.05, 4.69) is 79.7 Å². The van der Waals surface area contributed by atoms with Gasteiger partial charge in [0.1, 0.15) is 0 Å². The van der Waals surface area contributed by atoms with Crippen LogP contribution in [0, 0.1) is 0 Å². The third kappa shape index (κ3) is 4.12. The fourth-order valence-corrected chi connectivity index (χ4v) is 3.49. The highest BCUT2D eigenvalue weighted by Crippen LogP contribution is 2.31. The van der Waals surface area contributed by atoms with Crippen LogP contribution in [0.5, 0.6) is 0 Å². The number of fused-ring (bicyclic) bond motifs is 1. The summed E-state index contributed by atoms with van der Waals surface area (Å²) < 4.78 is 0. The van der Waals surface area contributed by atoms with E-state index in [1.165, 1.54) is 22.9 Å². The highest BCUT2D eigenvalue weighted by atomic mass is 32.2. The van der Waals surface area contributed by atoms with Gasteiger partial charge in [-0.2, -0.15) is 0 Å². The van der Waals surface area contributed by atoms with Crippen molar-refractivity contribution in [3.63, 3.8) is 0 Å². The van der Waals surface area contributed by atoms with E-state index < -0.39 is 0 Å². The van der Waals surface area contributed by atoms with Gasteiger partial charge in [0, 0.05) is 11.1 Å². The van der Waals surface area contributed by atoms with Crippen molar-refractivity contribution in [2.24, 2.45) is 0 Å². The largest absolute Gasteiger partial charge is 0.309 e. The molecule has 2 aromatic carbocycles. The predicted molar refractivity (Wildman–Crippen MR) is 101 cm³/mol. The molecule has 0 saturated carbocycles. The molecule has 0 fully saturated rings. The van der Waals surface area contributed by atoms with Crippen molar-refractivity contribution in [1.82, 2.24) is 9.88 Å². The van der Waals surface area contributed by atoms with Crippen molar-refractivity contribution in [1.29, 1.82) is 0 Å². The third-order valence-electron chi connectivity index (χ3n) is 3.78. The Balaban J connectivity index is 1.91. The monoisotopic (exact) mass is 322 g/mol. The first-order valence-corrected chi connectivity index (χ1v) is 8.95. The number of hydrogen-bond acceptors (Lipinski definition) is 3. The molecule has 3 aromatic rings. The van der Waals surface area contributed by atoms with Gasteiger partial charge in [-0.3, -0.25) is 0 Å². The first-order valence-electron chi connectivity index (χ1n) is 7.97. The van der Waals surface area contributed by atoms with Gasteiger partial charge < -0.3 is 4.90 Å². The molecule has 0 spiro atoms. The minimum Gasteiger partial charge on any atom is -0.309 e. The first-order chi connectivity index (χ1) is 11.2. The van der Waals surface area contributed by atoms with Crippen LogP contribution in [0.3, 0.4) is 0 Å². The van der Waals surface area contributed by atoms with Crippen LogP contribution in [0.25, 0.3) is 22.0 Å². The molecular formula is C20H22N2S. The Morgan fingerprint density at radius 3 is 2.48 bits per heavy atom. The molecule has 0 aliphatic carbocycles. The SMILES string of the molecule is CN(C)CCCSc1cc(-c2ccccc2)c2ccccc2n1. The maximum Gasteiger partial charge on any atom is 0.0973 e. The molecule has 0 bridgehead atoms. The highest BCUT2D eigenvalue weighted by molar-refractivity contribution is 7.99. The topological polar surface area (TPSA) is 16.1 Å². The molecule has 118 valence electrons. The molecular weight excluding hydrogens is 300 g/mol. The van der Waals surface area contributed by atoms with Crippen LogP contribution in [0.4, 0.5) is 0 Å². The van der Waals surface area contributed by atoms with E-state index in [1.54, 1.807) is 0 Å². The number of nitrogens with zero attached hydrogens (tertiary/aromatic N) is 2. The number of aromatic nitrogens is 1. The lowest BCUT2D eigenvalue weighted by atomic mass is 10.0. The number of hydrogen-bond donors (Lipinski definition) is 0. The Labute approximate surface area is 142 Å². The van der Waals surface area contributed by atoms with Gasteiger partial charge in [0.15, 0.2) is 0 Å². The molecule has 23 heavy (non-hydrogen) atoms. The van der Waals surface area contributed by atoms with Crippen molar-refractivity contribution in [2.45, 2.75) is 11.4 Å². The maximum atomic E-state index is 4.83. The summed E-state index contributed by atoms with van der Waals surface area (Å²) in [6.45, 7) is 1.12. The minimum atomic E-state index is 1.07. The Bertz CT molecular complexity index is 769. The molecule has 0 saturated heterocycles. The smallest absolute Gasteiger partial charge is 0.0973 e. The average Bonchev–Trinajstić information content (AvgIpc) is 2.58. The molecule has 3 heteroatoms. The number of rotatable bonds is 6. The third-order valence-corrected chi connectivity index (χ3v) is 4.77. The standard InChI is InChI=1S/C20H22N2S/c1-22(2)13-8-14-23-20-15-18(16-9-4-3-5-10-16)17-11-6-7-12-19(17)21-20/h3-7,9-12,15H,8,13-14H2,1-2H3. The normalized spacial score (nSPS) is 11.3. The summed E-state index contributed by atoms with van der Waals surface area (Å²) in [6, 6.07) is 21.2. The van der Waals surface area contributed by atoms with Crippen LogP contribution in [0.1, 0.15) is 6.42 Å². The van der Waals surface area contributed by atoms with Crippen LogP contribution in [-0.2, 0) is 0 Å². The lowest BCUT2D eigenvalue weighted by molar-refractivity contribution is 0.410. The molecule has 0 radical (unpaired) electrons. The Morgan fingerprint density at radius 1 is 0.957 bits per heavy atom. The van der Waals surface area contributed by atoms with Gasteiger partial charge in [-0.1, -0.05) is 48.5 Å². The first kappa shape index (κ1) is 16.0. The summed E-state index contributed by atoms with van der Waals surface area (Å²) in [5.41, 5.74) is 3.59. The van der Waals surface area contributed by atoms with Gasteiger partial charge in [-0.25, -0.2) is 4.98 Å². The highest BCUT2D eigenvalue weighted by Gasteiger charge is 2.08. The van der Waals surface area contributed by atoms with E-state index >= 15 is 0 Å². The Hall–Kier alpha value is -1.84. The average molecular weight is 322 g/mol. The number of pyridine rings is 1. The molecule has 0 N–H and O–H groups in total. The minimum absolute atomic E-state index is 1.07. The predicted octanol–water partition coefficient (Wildman–Crippen LogP) is 4.95. The summed E-state index contributed by atoms with van der Waals surface area (Å²) in [4.78, 5) is 7.05. The van der Waals surface area contributed by atoms with Gasteiger partial charge >= 0.3 is 0 Å². The summed E-state index contributed by atoms with van der Waals surface area (Å²) >= 11 is 1.85. The van der Waals surface area contributed by atoms with E-state index in [0.717, 1.165) is 22.8 Å². The summed E-state index contributed by atoms with van der Waals surface area (Å²) in [6.07, 6.45) is 1.17. The zero-order valence-electron chi connectivity index (χ0n) is 13.7. The van der Waals surface area contributed by atoms with E-state index in [9.17, 15) is 0 Å². The Kier molecular flexibility index (Phi) is 5.31. The van der Waals surface area contributed by atoms with Crippen LogP contribution < -0.4 is 0 Å². The molecule has 3 rings (SSSR count). The van der Waals surface area contributed by atoms with E-state index in [-0.39, 0.29) is 0 Å². The second-order valence-electron chi connectivity index (χ2n) is 5.90. The fourth-order valence-electron chi connectivity index (χ4n) is 2.64. The quantitative estimate of drug-likeness (QED) is 0.472. The fraction of sp³-hybridized carbons (Fsp3) is 0.250. The molecule has 0 aliphatic heterocycles. The number of para-hydroxylation sites is 1. The summed E-state index contributed by atoms with van der Waals surface area (Å²) in [5, 5.41) is 2.33. The second-order valence-corrected chi connectivity index (χ2v) is 7.01. The van der Waals surface area contributed by atoms with E-state index in [0.29, 0.717) is 0 Å². The lowest BCUT2D eigenvalue weighted by Crippen LogP contribution is -2.13. The molecule has 0 unspecified atom stereocenters. The zero-order chi connectivity index (χ0) is 16.1. The molecule has 1 heterocycles. The van der Waals surface area contributed by atoms with Crippen LogP contribution >= 0.6 is 11.8 Å². The number of benzene rings is 2. The van der Waals surface area contributed by atoms with Gasteiger partial charge in [0.25, 0.3) is 0 Å². The summed E-state index contributed by atoms with van der Waals surface area (Å²) in [7, 11) is 4.24. The van der Waals surface area contributed by atoms with Gasteiger partial charge in [-0.15, -0.1) is 11.8 Å². The molecule has 0 aliphatic rings. The van der Waals surface area contributed by atoms with Crippen molar-refractivity contribution >= 4 is 22.7 Å². The molecule has 1 aromatic heterocycles. The maximum absolute atomic E-state index is 4.83. The summed E-state index contributed by atoms with van der Waals surface area (Å²) in [5.74, 6) is 1.09. The van der Waals surface area contributed by atoms with Crippen molar-refractivity contribution in [3.8, 4) is 11.1 Å². The lowest BCUT2D eigenvalue weighted by Gasteiger charge is -2.11. The van der Waals surface area contributed by atoms with E-state index in [4.69, 9.17) is 4.98 Å². The van der Waals surface area contributed by atoms with Crippen LogP contribution in [-0.4, -0.2) is 36.3 Å². The van der Waals surface area contributed by atoms with Gasteiger partial charge in [0.2, 0.25) is 0 Å². The number of thioether (sulfide) groups is 1. The van der Waals surface area contributed by atoms with Gasteiger partial charge in [0.05, 0.1) is 10.5 Å². The Morgan fingerprint density at radius 2 is 1.70 bits per heavy atom. The molecule has 0 atom stereocenters. The van der Waals surface area contributed by atoms with Crippen molar-refractivity contribution in [3.05, 3.63) is 60.7 Å². The zero-order valence-corrected chi connectivity index (χ0v) is 14.5. The van der Waals surface area contributed by atoms with Gasteiger partial charge in [-0.05, 0) is 50.3 Å². The molecule has 0 amide bonds. The van der Waals surface area contributed by atoms with Crippen molar-refractivity contribution in [2.75, 3.05) is 26.4 Å². The van der Waals surface area contributed by atoms with Crippen molar-refractivity contribution < 1.29 is 0 Å². The van der Waals surface area contributed by atoms with E-state index in [1.807, 2.05) is 11.8 Å². The second kappa shape index (κ2) is 7.62. The van der Waals surface area contributed by atoms with Crippen LogP contribution in [0.2, 0.25) is 0 Å².